The molecule has 1 aliphatic carbocycles. The van der Waals surface area contributed by atoms with Gasteiger partial charge in [-0.2, -0.15) is 0 Å². The van der Waals surface area contributed by atoms with Gasteiger partial charge in [-0.3, -0.25) is 14.6 Å². The Hall–Kier alpha value is -3.35. The normalized spacial score (nSPS) is 19.9. The molecule has 0 radical (unpaired) electrons. The van der Waals surface area contributed by atoms with Gasteiger partial charge in [-0.05, 0) is 60.7 Å². The first-order chi connectivity index (χ1) is 14.8. The van der Waals surface area contributed by atoms with E-state index in [9.17, 15) is 18.4 Å². The summed E-state index contributed by atoms with van der Waals surface area (Å²) in [5.41, 5.74) is 3.63. The number of aryl methyl sites for hydroxylation is 2. The first-order valence-electron chi connectivity index (χ1n) is 10.3. The molecular formula is C24H21F2N3O2. The Balaban J connectivity index is 1.43. The number of carbonyl (C=O) groups is 1. The molecule has 0 unspecified atom stereocenters. The maximum absolute atomic E-state index is 14.4. The zero-order chi connectivity index (χ0) is 21.9. The first-order valence-corrected chi connectivity index (χ1v) is 10.3. The van der Waals surface area contributed by atoms with Gasteiger partial charge in [0.15, 0.2) is 11.6 Å². The minimum absolute atomic E-state index is 0.0134. The molecule has 7 heteroatoms. The number of aromatic nitrogens is 2. The average molecular weight is 421 g/mol. The van der Waals surface area contributed by atoms with E-state index in [4.69, 9.17) is 0 Å². The lowest BCUT2D eigenvalue weighted by Crippen LogP contribution is -2.38. The maximum atomic E-state index is 14.4. The zero-order valence-corrected chi connectivity index (χ0v) is 17.2. The molecule has 0 saturated carbocycles. The number of hydrogen-bond acceptors (Lipinski definition) is 3. The topological polar surface area (TPSA) is 66.1 Å². The van der Waals surface area contributed by atoms with Crippen molar-refractivity contribution in [1.82, 2.24) is 14.9 Å². The van der Waals surface area contributed by atoms with E-state index in [2.05, 4.69) is 22.1 Å². The number of nitrogens with one attached hydrogen (secondary N) is 1. The summed E-state index contributed by atoms with van der Waals surface area (Å²) in [5, 5.41) is 0.0134. The van der Waals surface area contributed by atoms with E-state index in [1.165, 1.54) is 11.6 Å². The Morgan fingerprint density at radius 2 is 2.06 bits per heavy atom. The number of likely N-dealkylation sites (tertiary alicyclic amines) is 1. The second-order valence-electron chi connectivity index (χ2n) is 8.44. The molecule has 5 nitrogen and oxygen atoms in total. The van der Waals surface area contributed by atoms with Crippen LogP contribution in [0.2, 0.25) is 0 Å². The molecule has 1 fully saturated rings. The Morgan fingerprint density at radius 1 is 1.26 bits per heavy atom. The molecule has 2 bridgehead atoms. The predicted octanol–water partition coefficient (Wildman–Crippen LogP) is 3.67. The SMILES string of the molecule is Cc1cncc(C2=C[C@@H]3C[C@H]2CN3C(=O)Cc2c(C)c3c(F)c(F)ccc3[nH]c2=O)c1. The van der Waals surface area contributed by atoms with Crippen LogP contribution in [0.25, 0.3) is 16.5 Å². The Kier molecular flexibility index (Phi) is 4.50. The summed E-state index contributed by atoms with van der Waals surface area (Å²) in [6, 6.07) is 4.38. The lowest BCUT2D eigenvalue weighted by Gasteiger charge is -2.27. The summed E-state index contributed by atoms with van der Waals surface area (Å²) in [7, 11) is 0. The van der Waals surface area contributed by atoms with Crippen molar-refractivity contribution in [3.05, 3.63) is 80.9 Å². The third-order valence-electron chi connectivity index (χ3n) is 6.46. The van der Waals surface area contributed by atoms with E-state index in [-0.39, 0.29) is 40.8 Å². The first kappa shape index (κ1) is 19.6. The minimum atomic E-state index is -1.01. The molecule has 3 aromatic rings. The zero-order valence-electron chi connectivity index (χ0n) is 17.2. The molecule has 1 saturated heterocycles. The second kappa shape index (κ2) is 7.11. The van der Waals surface area contributed by atoms with Gasteiger partial charge in [-0.15, -0.1) is 0 Å². The monoisotopic (exact) mass is 421 g/mol. The smallest absolute Gasteiger partial charge is 0.252 e. The van der Waals surface area contributed by atoms with Gasteiger partial charge in [0.2, 0.25) is 5.91 Å². The molecular weight excluding hydrogens is 400 g/mol. The second-order valence-corrected chi connectivity index (χ2v) is 8.44. The number of H-pyrrole nitrogens is 1. The number of hydrogen-bond donors (Lipinski definition) is 1. The van der Waals surface area contributed by atoms with Gasteiger partial charge in [0.05, 0.1) is 18.0 Å². The van der Waals surface area contributed by atoms with Crippen molar-refractivity contribution in [2.24, 2.45) is 5.92 Å². The molecule has 1 N–H and O–H groups in total. The fourth-order valence-electron chi connectivity index (χ4n) is 4.93. The van der Waals surface area contributed by atoms with Crippen LogP contribution in [-0.4, -0.2) is 33.4 Å². The highest BCUT2D eigenvalue weighted by Crippen LogP contribution is 2.42. The lowest BCUT2D eigenvalue weighted by atomic mass is 9.95. The van der Waals surface area contributed by atoms with Gasteiger partial charge in [0.1, 0.15) is 0 Å². The van der Waals surface area contributed by atoms with Crippen molar-refractivity contribution in [3.8, 4) is 0 Å². The molecule has 1 aromatic carbocycles. The maximum Gasteiger partial charge on any atom is 0.252 e. The van der Waals surface area contributed by atoms with Crippen LogP contribution in [0.4, 0.5) is 8.78 Å². The van der Waals surface area contributed by atoms with Crippen molar-refractivity contribution in [1.29, 1.82) is 0 Å². The Labute approximate surface area is 177 Å². The number of aromatic amines is 1. The summed E-state index contributed by atoms with van der Waals surface area (Å²) in [6.07, 6.45) is 6.46. The Bertz CT molecular complexity index is 1330. The highest BCUT2D eigenvalue weighted by Gasteiger charge is 2.41. The summed E-state index contributed by atoms with van der Waals surface area (Å²) in [6.45, 7) is 4.14. The molecule has 158 valence electrons. The molecule has 2 aromatic heterocycles. The Morgan fingerprint density at radius 3 is 2.77 bits per heavy atom. The summed E-state index contributed by atoms with van der Waals surface area (Å²) in [4.78, 5) is 34.2. The third-order valence-corrected chi connectivity index (χ3v) is 6.46. The molecule has 0 spiro atoms. The van der Waals surface area contributed by atoms with E-state index in [1.54, 1.807) is 11.8 Å². The fourth-order valence-corrected chi connectivity index (χ4v) is 4.93. The number of carbonyl (C=O) groups excluding carboxylic acids is 1. The molecule has 2 atom stereocenters. The summed E-state index contributed by atoms with van der Waals surface area (Å²) in [5.74, 6) is -1.95. The van der Waals surface area contributed by atoms with Crippen LogP contribution in [0.5, 0.6) is 0 Å². The number of benzene rings is 1. The average Bonchev–Trinajstić information content (AvgIpc) is 3.35. The van der Waals surface area contributed by atoms with Gasteiger partial charge in [0, 0.05) is 35.8 Å². The van der Waals surface area contributed by atoms with Gasteiger partial charge in [-0.1, -0.05) is 6.08 Å². The fraction of sp³-hybridized carbons (Fsp3) is 0.292. The molecule has 1 amide bonds. The predicted molar refractivity (Wildman–Crippen MR) is 113 cm³/mol. The molecule has 3 heterocycles. The molecule has 5 rings (SSSR count). The quantitative estimate of drug-likeness (QED) is 0.702. The summed E-state index contributed by atoms with van der Waals surface area (Å²) < 4.78 is 28.1. The number of pyridine rings is 2. The van der Waals surface area contributed by atoms with Crippen LogP contribution < -0.4 is 5.56 Å². The standard InChI is InChI=1S/C24H21F2N3O2/c1-12-5-14(10-27-9-12)18-7-16-6-15(18)11-29(16)21(30)8-17-13(2)22-20(28-24(17)31)4-3-19(25)23(22)26/h3-5,7,9-10,15-16H,6,8,11H2,1-2H3,(H,28,31)/t15-,16-/m0/s1. The van der Waals surface area contributed by atoms with E-state index in [1.807, 2.05) is 19.3 Å². The number of amides is 1. The summed E-state index contributed by atoms with van der Waals surface area (Å²) >= 11 is 0. The number of halogens is 2. The minimum Gasteiger partial charge on any atom is -0.335 e. The van der Waals surface area contributed by atoms with Crippen LogP contribution in [0, 0.1) is 31.4 Å². The van der Waals surface area contributed by atoms with Crippen molar-refractivity contribution in [2.45, 2.75) is 32.7 Å². The van der Waals surface area contributed by atoms with E-state index >= 15 is 0 Å². The van der Waals surface area contributed by atoms with Gasteiger partial charge >= 0.3 is 0 Å². The van der Waals surface area contributed by atoms with Crippen LogP contribution in [0.1, 0.15) is 28.7 Å². The van der Waals surface area contributed by atoms with Gasteiger partial charge in [0.25, 0.3) is 5.56 Å². The number of nitrogens with zero attached hydrogens (tertiary/aromatic N) is 2. The number of rotatable bonds is 3. The third kappa shape index (κ3) is 3.15. The molecule has 1 aliphatic heterocycles. The van der Waals surface area contributed by atoms with Crippen LogP contribution in [-0.2, 0) is 11.2 Å². The highest BCUT2D eigenvalue weighted by atomic mass is 19.2. The molecule has 2 aliphatic rings. The van der Waals surface area contributed by atoms with Crippen LogP contribution in [0.15, 0.2) is 41.5 Å². The van der Waals surface area contributed by atoms with Crippen molar-refractivity contribution in [3.63, 3.8) is 0 Å². The van der Waals surface area contributed by atoms with E-state index in [0.717, 1.165) is 23.6 Å². The van der Waals surface area contributed by atoms with E-state index in [0.29, 0.717) is 12.1 Å². The van der Waals surface area contributed by atoms with Gasteiger partial charge in [-0.25, -0.2) is 8.78 Å². The largest absolute Gasteiger partial charge is 0.335 e. The van der Waals surface area contributed by atoms with Crippen LogP contribution >= 0.6 is 0 Å². The number of fused-ring (bicyclic) bond motifs is 3. The van der Waals surface area contributed by atoms with E-state index < -0.39 is 17.2 Å². The molecule has 31 heavy (non-hydrogen) atoms. The van der Waals surface area contributed by atoms with Crippen molar-refractivity contribution < 1.29 is 13.6 Å². The van der Waals surface area contributed by atoms with Crippen LogP contribution in [0.3, 0.4) is 0 Å². The lowest BCUT2D eigenvalue weighted by molar-refractivity contribution is -0.130. The van der Waals surface area contributed by atoms with Gasteiger partial charge < -0.3 is 9.88 Å². The van der Waals surface area contributed by atoms with Crippen molar-refractivity contribution >= 4 is 22.4 Å². The highest BCUT2D eigenvalue weighted by molar-refractivity contribution is 5.87. The van der Waals surface area contributed by atoms with Crippen molar-refractivity contribution in [2.75, 3.05) is 6.54 Å².